The Balaban J connectivity index is 2.00. The predicted octanol–water partition coefficient (Wildman–Crippen LogP) is -0.957. The van der Waals surface area contributed by atoms with Crippen molar-refractivity contribution in [3.63, 3.8) is 0 Å². The first-order valence-corrected chi connectivity index (χ1v) is 5.65. The average Bonchev–Trinajstić information content (AvgIpc) is 2.93. The largest absolute Gasteiger partial charge is 0.394 e. The lowest BCUT2D eigenvalue weighted by atomic mass is 10.1. The molecule has 2 aromatic rings. The molecule has 7 nitrogen and oxygen atoms in total. The van der Waals surface area contributed by atoms with Crippen LogP contribution in [-0.2, 0) is 4.74 Å². The summed E-state index contributed by atoms with van der Waals surface area (Å²) in [4.78, 5) is 0. The predicted molar refractivity (Wildman–Crippen MR) is 60.5 cm³/mol. The number of rotatable bonds is 2. The molecule has 1 aliphatic rings. The molecule has 1 aliphatic heterocycles. The van der Waals surface area contributed by atoms with E-state index in [1.54, 1.807) is 12.1 Å². The van der Waals surface area contributed by atoms with E-state index in [4.69, 9.17) is 9.84 Å². The van der Waals surface area contributed by atoms with Crippen LogP contribution >= 0.6 is 0 Å². The van der Waals surface area contributed by atoms with Crippen LogP contribution in [0.1, 0.15) is 6.23 Å². The first kappa shape index (κ1) is 11.5. The first-order valence-electron chi connectivity index (χ1n) is 5.65. The Labute approximate surface area is 102 Å². The van der Waals surface area contributed by atoms with E-state index < -0.39 is 24.5 Å². The average molecular weight is 251 g/mol. The van der Waals surface area contributed by atoms with Crippen LogP contribution in [0, 0.1) is 0 Å². The van der Waals surface area contributed by atoms with E-state index in [1.807, 2.05) is 12.1 Å². The Bertz CT molecular complexity index is 558. The van der Waals surface area contributed by atoms with Gasteiger partial charge >= 0.3 is 0 Å². The van der Waals surface area contributed by atoms with Crippen molar-refractivity contribution in [1.82, 2.24) is 15.0 Å². The highest BCUT2D eigenvalue weighted by Gasteiger charge is 2.44. The number of nitrogens with zero attached hydrogens (tertiary/aromatic N) is 3. The summed E-state index contributed by atoms with van der Waals surface area (Å²) in [5, 5.41) is 36.5. The first-order chi connectivity index (χ1) is 8.72. The summed E-state index contributed by atoms with van der Waals surface area (Å²) in [5.74, 6) is 0. The van der Waals surface area contributed by atoms with Gasteiger partial charge in [0.15, 0.2) is 6.23 Å². The molecule has 3 rings (SSSR count). The number of fused-ring (bicyclic) bond motifs is 1. The van der Waals surface area contributed by atoms with Crippen molar-refractivity contribution in [1.29, 1.82) is 0 Å². The zero-order valence-electron chi connectivity index (χ0n) is 9.42. The van der Waals surface area contributed by atoms with E-state index in [0.717, 1.165) is 0 Å². The Morgan fingerprint density at radius 1 is 1.22 bits per heavy atom. The minimum absolute atomic E-state index is 0.360. The van der Waals surface area contributed by atoms with Crippen LogP contribution in [0.3, 0.4) is 0 Å². The molecule has 4 atom stereocenters. The number of aliphatic hydroxyl groups is 3. The van der Waals surface area contributed by atoms with Gasteiger partial charge in [-0.05, 0) is 12.1 Å². The van der Waals surface area contributed by atoms with E-state index in [-0.39, 0.29) is 6.61 Å². The molecule has 18 heavy (non-hydrogen) atoms. The molecule has 1 aromatic heterocycles. The standard InChI is InChI=1S/C11H13N3O4/c15-5-8-9(16)10(17)11(18-8)14-7-4-2-1-3-6(7)12-13-14/h1-4,8-11,15-17H,5H2/t8-,9+,10+,11-/m0/s1. The van der Waals surface area contributed by atoms with Gasteiger partial charge in [-0.25, -0.2) is 4.68 Å². The molecular weight excluding hydrogens is 238 g/mol. The zero-order valence-corrected chi connectivity index (χ0v) is 9.42. The molecule has 96 valence electrons. The number of ether oxygens (including phenoxy) is 1. The van der Waals surface area contributed by atoms with Crippen molar-refractivity contribution in [2.75, 3.05) is 6.61 Å². The van der Waals surface area contributed by atoms with Gasteiger partial charge in [0, 0.05) is 0 Å². The summed E-state index contributed by atoms with van der Waals surface area (Å²) < 4.78 is 6.81. The van der Waals surface area contributed by atoms with Gasteiger partial charge in [0.1, 0.15) is 23.8 Å². The summed E-state index contributed by atoms with van der Waals surface area (Å²) in [6, 6.07) is 7.24. The second kappa shape index (κ2) is 4.29. The maximum Gasteiger partial charge on any atom is 0.181 e. The molecule has 2 heterocycles. The van der Waals surface area contributed by atoms with Gasteiger partial charge in [-0.3, -0.25) is 0 Å². The number of aliphatic hydroxyl groups excluding tert-OH is 3. The van der Waals surface area contributed by atoms with Crippen LogP contribution in [0.2, 0.25) is 0 Å². The fourth-order valence-corrected chi connectivity index (χ4v) is 2.16. The lowest BCUT2D eigenvalue weighted by molar-refractivity contribution is -0.0572. The lowest BCUT2D eigenvalue weighted by Crippen LogP contribution is -2.33. The summed E-state index contributed by atoms with van der Waals surface area (Å²) >= 11 is 0. The minimum atomic E-state index is -1.15. The second-order valence-electron chi connectivity index (χ2n) is 4.25. The molecule has 7 heteroatoms. The molecule has 0 saturated carbocycles. The minimum Gasteiger partial charge on any atom is -0.394 e. The van der Waals surface area contributed by atoms with E-state index in [2.05, 4.69) is 10.3 Å². The zero-order chi connectivity index (χ0) is 12.7. The van der Waals surface area contributed by atoms with Crippen LogP contribution in [-0.4, -0.2) is 55.2 Å². The normalized spacial score (nSPS) is 32.2. The van der Waals surface area contributed by atoms with Crippen molar-refractivity contribution >= 4 is 11.0 Å². The fraction of sp³-hybridized carbons (Fsp3) is 0.455. The van der Waals surface area contributed by atoms with Crippen LogP contribution in [0.5, 0.6) is 0 Å². The molecule has 1 saturated heterocycles. The summed E-state index contributed by atoms with van der Waals surface area (Å²) in [7, 11) is 0. The maximum atomic E-state index is 9.92. The topological polar surface area (TPSA) is 101 Å². The number of para-hydroxylation sites is 1. The van der Waals surface area contributed by atoms with Crippen molar-refractivity contribution in [2.24, 2.45) is 0 Å². The van der Waals surface area contributed by atoms with Crippen LogP contribution in [0.15, 0.2) is 24.3 Å². The molecular formula is C11H13N3O4. The van der Waals surface area contributed by atoms with Gasteiger partial charge < -0.3 is 20.1 Å². The highest BCUT2D eigenvalue weighted by Crippen LogP contribution is 2.30. The Hall–Kier alpha value is -1.54. The smallest absolute Gasteiger partial charge is 0.181 e. The third kappa shape index (κ3) is 1.60. The van der Waals surface area contributed by atoms with E-state index in [0.29, 0.717) is 11.0 Å². The third-order valence-electron chi connectivity index (χ3n) is 3.14. The molecule has 0 unspecified atom stereocenters. The van der Waals surface area contributed by atoms with Gasteiger partial charge in [-0.2, -0.15) is 0 Å². The molecule has 1 fully saturated rings. The lowest BCUT2D eigenvalue weighted by Gasteiger charge is -2.14. The highest BCUT2D eigenvalue weighted by atomic mass is 16.6. The molecule has 0 aliphatic carbocycles. The Morgan fingerprint density at radius 2 is 2.00 bits per heavy atom. The molecule has 0 bridgehead atoms. The van der Waals surface area contributed by atoms with Crippen molar-refractivity contribution in [2.45, 2.75) is 24.5 Å². The van der Waals surface area contributed by atoms with Crippen LogP contribution in [0.4, 0.5) is 0 Å². The number of hydrogen-bond donors (Lipinski definition) is 3. The monoisotopic (exact) mass is 251 g/mol. The SMILES string of the molecule is OC[C@@H]1O[C@H](n2nnc3ccccc32)[C@H](O)[C@@H]1O. The number of benzene rings is 1. The fourth-order valence-electron chi connectivity index (χ4n) is 2.16. The summed E-state index contributed by atoms with van der Waals surface area (Å²) in [6.45, 7) is -0.360. The molecule has 0 amide bonds. The number of hydrogen-bond acceptors (Lipinski definition) is 6. The summed E-state index contributed by atoms with van der Waals surface area (Å²) in [6.07, 6.45) is -3.94. The third-order valence-corrected chi connectivity index (χ3v) is 3.14. The van der Waals surface area contributed by atoms with Gasteiger partial charge in [-0.15, -0.1) is 5.10 Å². The maximum absolute atomic E-state index is 9.92. The van der Waals surface area contributed by atoms with E-state index >= 15 is 0 Å². The van der Waals surface area contributed by atoms with Crippen LogP contribution < -0.4 is 0 Å². The van der Waals surface area contributed by atoms with Gasteiger partial charge in [-0.1, -0.05) is 17.3 Å². The van der Waals surface area contributed by atoms with Gasteiger partial charge in [0.05, 0.1) is 12.1 Å². The Morgan fingerprint density at radius 3 is 2.72 bits per heavy atom. The molecule has 0 spiro atoms. The highest BCUT2D eigenvalue weighted by molar-refractivity contribution is 5.73. The second-order valence-corrected chi connectivity index (χ2v) is 4.25. The Kier molecular flexibility index (Phi) is 2.75. The molecule has 1 aromatic carbocycles. The van der Waals surface area contributed by atoms with Gasteiger partial charge in [0.2, 0.25) is 0 Å². The molecule has 3 N–H and O–H groups in total. The van der Waals surface area contributed by atoms with Crippen LogP contribution in [0.25, 0.3) is 11.0 Å². The molecule has 0 radical (unpaired) electrons. The van der Waals surface area contributed by atoms with Gasteiger partial charge in [0.25, 0.3) is 0 Å². The van der Waals surface area contributed by atoms with Crippen molar-refractivity contribution in [3.05, 3.63) is 24.3 Å². The number of aromatic nitrogens is 3. The quantitative estimate of drug-likeness (QED) is 0.635. The van der Waals surface area contributed by atoms with E-state index in [9.17, 15) is 10.2 Å². The van der Waals surface area contributed by atoms with E-state index in [1.165, 1.54) is 4.68 Å². The van der Waals surface area contributed by atoms with Crippen molar-refractivity contribution in [3.8, 4) is 0 Å². The van der Waals surface area contributed by atoms with Crippen molar-refractivity contribution < 1.29 is 20.1 Å². The summed E-state index contributed by atoms with van der Waals surface area (Å²) in [5.41, 5.74) is 1.38.